The standard InChI is InChI=1S/C17H12Cl2N2O5S/c18-10-4-6-11(7-5-10)26-15(19)17(23)25-9-8-24-16(22)12-2-1-3-13-14(12)27-21-20-13/h1-7,15H,8-9H2. The normalized spacial score (nSPS) is 11.8. The number of fused-ring (bicyclic) bond motifs is 1. The molecule has 0 aliphatic rings. The van der Waals surface area contributed by atoms with Crippen LogP contribution in [0.2, 0.25) is 5.02 Å². The Balaban J connectivity index is 1.44. The molecule has 0 N–H and O–H groups in total. The van der Waals surface area contributed by atoms with Gasteiger partial charge in [-0.1, -0.05) is 33.8 Å². The van der Waals surface area contributed by atoms with Crippen LogP contribution in [0.1, 0.15) is 10.4 Å². The molecule has 0 radical (unpaired) electrons. The first kappa shape index (κ1) is 19.3. The third-order valence-electron chi connectivity index (χ3n) is 3.29. The van der Waals surface area contributed by atoms with Gasteiger partial charge >= 0.3 is 11.9 Å². The number of ether oxygens (including phenoxy) is 3. The summed E-state index contributed by atoms with van der Waals surface area (Å²) in [7, 11) is 0. The highest BCUT2D eigenvalue weighted by Crippen LogP contribution is 2.21. The van der Waals surface area contributed by atoms with Gasteiger partial charge in [0.1, 0.15) is 24.5 Å². The van der Waals surface area contributed by atoms with Crippen LogP contribution < -0.4 is 4.74 Å². The number of nitrogens with zero attached hydrogens (tertiary/aromatic N) is 2. The summed E-state index contributed by atoms with van der Waals surface area (Å²) in [6, 6.07) is 11.4. The van der Waals surface area contributed by atoms with E-state index in [4.69, 9.17) is 37.4 Å². The lowest BCUT2D eigenvalue weighted by atomic mass is 10.2. The molecule has 0 saturated heterocycles. The van der Waals surface area contributed by atoms with E-state index in [1.165, 1.54) is 0 Å². The lowest BCUT2D eigenvalue weighted by molar-refractivity contribution is -0.149. The van der Waals surface area contributed by atoms with Crippen molar-refractivity contribution in [2.75, 3.05) is 13.2 Å². The number of halogens is 2. The molecule has 10 heteroatoms. The molecule has 0 amide bonds. The van der Waals surface area contributed by atoms with Crippen molar-refractivity contribution in [3.63, 3.8) is 0 Å². The van der Waals surface area contributed by atoms with Gasteiger partial charge in [-0.3, -0.25) is 0 Å². The van der Waals surface area contributed by atoms with Crippen LogP contribution in [0, 0.1) is 0 Å². The smallest absolute Gasteiger partial charge is 0.363 e. The Morgan fingerprint density at radius 1 is 1.07 bits per heavy atom. The third-order valence-corrected chi connectivity index (χ3v) is 4.59. The summed E-state index contributed by atoms with van der Waals surface area (Å²) in [5.41, 5.74) is -0.362. The molecule has 140 valence electrons. The monoisotopic (exact) mass is 426 g/mol. The minimum atomic E-state index is -1.33. The summed E-state index contributed by atoms with van der Waals surface area (Å²) in [4.78, 5) is 23.9. The minimum absolute atomic E-state index is 0.127. The molecule has 0 aliphatic heterocycles. The van der Waals surface area contributed by atoms with Gasteiger partial charge in [-0.2, -0.15) is 0 Å². The topological polar surface area (TPSA) is 87.6 Å². The molecule has 1 unspecified atom stereocenters. The fraction of sp³-hybridized carbons (Fsp3) is 0.176. The molecule has 7 nitrogen and oxygen atoms in total. The molecule has 0 fully saturated rings. The highest BCUT2D eigenvalue weighted by Gasteiger charge is 2.19. The van der Waals surface area contributed by atoms with E-state index in [-0.39, 0.29) is 13.2 Å². The Labute approximate surface area is 167 Å². The molecule has 1 heterocycles. The van der Waals surface area contributed by atoms with Gasteiger partial charge in [-0.05, 0) is 47.9 Å². The molecular formula is C17H12Cl2N2O5S. The molecule has 1 atom stereocenters. The maximum absolute atomic E-state index is 12.1. The van der Waals surface area contributed by atoms with Crippen molar-refractivity contribution in [2.45, 2.75) is 5.56 Å². The predicted octanol–water partition coefficient (Wildman–Crippen LogP) is 3.69. The number of hydrogen-bond acceptors (Lipinski definition) is 8. The van der Waals surface area contributed by atoms with Crippen LogP contribution in [-0.4, -0.2) is 40.3 Å². The Hall–Kier alpha value is -2.42. The van der Waals surface area contributed by atoms with Gasteiger partial charge in [-0.15, -0.1) is 5.10 Å². The van der Waals surface area contributed by atoms with Crippen LogP contribution in [0.25, 0.3) is 10.2 Å². The largest absolute Gasteiger partial charge is 0.463 e. The average molecular weight is 427 g/mol. The summed E-state index contributed by atoms with van der Waals surface area (Å²) in [5, 5.41) is 4.43. The zero-order chi connectivity index (χ0) is 19.2. The Bertz CT molecular complexity index is 948. The molecule has 3 rings (SSSR count). The van der Waals surface area contributed by atoms with Crippen LogP contribution in [0.3, 0.4) is 0 Å². The first-order valence-corrected chi connectivity index (χ1v) is 9.24. The third kappa shape index (κ3) is 5.06. The summed E-state index contributed by atoms with van der Waals surface area (Å²) < 4.78 is 19.7. The van der Waals surface area contributed by atoms with E-state index in [0.29, 0.717) is 26.6 Å². The Morgan fingerprint density at radius 3 is 2.59 bits per heavy atom. The zero-order valence-electron chi connectivity index (χ0n) is 13.6. The highest BCUT2D eigenvalue weighted by atomic mass is 35.5. The molecule has 0 saturated carbocycles. The molecule has 3 aromatic rings. The van der Waals surface area contributed by atoms with E-state index in [9.17, 15) is 9.59 Å². The van der Waals surface area contributed by atoms with Gasteiger partial charge in [0, 0.05) is 5.02 Å². The summed E-state index contributed by atoms with van der Waals surface area (Å²) >= 11 is 12.7. The van der Waals surface area contributed by atoms with E-state index in [2.05, 4.69) is 9.59 Å². The van der Waals surface area contributed by atoms with Crippen LogP contribution in [0.15, 0.2) is 42.5 Å². The van der Waals surface area contributed by atoms with Crippen molar-refractivity contribution in [2.24, 2.45) is 0 Å². The molecule has 0 aliphatic carbocycles. The van der Waals surface area contributed by atoms with Crippen molar-refractivity contribution in [1.29, 1.82) is 0 Å². The van der Waals surface area contributed by atoms with Crippen molar-refractivity contribution >= 4 is 56.9 Å². The van der Waals surface area contributed by atoms with Gasteiger partial charge in [0.25, 0.3) is 5.56 Å². The van der Waals surface area contributed by atoms with Crippen LogP contribution in [-0.2, 0) is 14.3 Å². The van der Waals surface area contributed by atoms with E-state index in [1.807, 2.05) is 0 Å². The lowest BCUT2D eigenvalue weighted by Gasteiger charge is -2.12. The number of benzene rings is 2. The van der Waals surface area contributed by atoms with Gasteiger partial charge in [0.15, 0.2) is 0 Å². The SMILES string of the molecule is O=C(OCCOC(=O)C(Cl)Oc1ccc(Cl)cc1)c1cccc2nnsc12. The molecule has 0 spiro atoms. The van der Waals surface area contributed by atoms with Crippen molar-refractivity contribution in [3.8, 4) is 5.75 Å². The van der Waals surface area contributed by atoms with Crippen molar-refractivity contribution in [3.05, 3.63) is 53.1 Å². The Morgan fingerprint density at radius 2 is 1.81 bits per heavy atom. The predicted molar refractivity (Wildman–Crippen MR) is 100 cm³/mol. The lowest BCUT2D eigenvalue weighted by Crippen LogP contribution is -2.25. The molecule has 27 heavy (non-hydrogen) atoms. The maximum atomic E-state index is 12.1. The van der Waals surface area contributed by atoms with Crippen LogP contribution in [0.5, 0.6) is 5.75 Å². The average Bonchev–Trinajstić information content (AvgIpc) is 3.15. The molecule has 1 aromatic heterocycles. The van der Waals surface area contributed by atoms with E-state index in [1.54, 1.807) is 42.5 Å². The van der Waals surface area contributed by atoms with Gasteiger partial charge < -0.3 is 14.2 Å². The Kier molecular flexibility index (Phi) is 6.44. The van der Waals surface area contributed by atoms with Gasteiger partial charge in [-0.25, -0.2) is 9.59 Å². The van der Waals surface area contributed by atoms with E-state index >= 15 is 0 Å². The number of esters is 2. The van der Waals surface area contributed by atoms with Crippen LogP contribution in [0.4, 0.5) is 0 Å². The molecule has 0 bridgehead atoms. The summed E-state index contributed by atoms with van der Waals surface area (Å²) in [6.45, 7) is -0.285. The fourth-order valence-corrected chi connectivity index (χ4v) is 3.02. The second kappa shape index (κ2) is 8.98. The first-order chi connectivity index (χ1) is 13.0. The molecule has 2 aromatic carbocycles. The molecular weight excluding hydrogens is 415 g/mol. The number of carbonyl (C=O) groups excluding carboxylic acids is 2. The van der Waals surface area contributed by atoms with Gasteiger partial charge in [0.05, 0.1) is 10.3 Å². The summed E-state index contributed by atoms with van der Waals surface area (Å²) in [5.74, 6) is -0.979. The summed E-state index contributed by atoms with van der Waals surface area (Å²) in [6.07, 6.45) is 0. The number of hydrogen-bond donors (Lipinski definition) is 0. The number of rotatable bonds is 7. The number of aromatic nitrogens is 2. The fourth-order valence-electron chi connectivity index (χ4n) is 2.07. The highest BCUT2D eigenvalue weighted by molar-refractivity contribution is 7.13. The second-order valence-electron chi connectivity index (χ2n) is 5.12. The van der Waals surface area contributed by atoms with E-state index < -0.39 is 17.5 Å². The van der Waals surface area contributed by atoms with Gasteiger partial charge in [0.2, 0.25) is 0 Å². The minimum Gasteiger partial charge on any atom is -0.463 e. The number of carbonyl (C=O) groups is 2. The second-order valence-corrected chi connectivity index (χ2v) is 6.70. The van der Waals surface area contributed by atoms with E-state index in [0.717, 1.165) is 11.5 Å². The first-order valence-electron chi connectivity index (χ1n) is 7.66. The zero-order valence-corrected chi connectivity index (χ0v) is 16.0. The van der Waals surface area contributed by atoms with Crippen LogP contribution >= 0.6 is 34.7 Å². The maximum Gasteiger partial charge on any atom is 0.363 e. The quantitative estimate of drug-likeness (QED) is 0.323. The van der Waals surface area contributed by atoms with Crippen molar-refractivity contribution < 1.29 is 23.8 Å². The van der Waals surface area contributed by atoms with Crippen molar-refractivity contribution in [1.82, 2.24) is 9.59 Å². The number of alkyl halides is 1.